The van der Waals surface area contributed by atoms with Crippen molar-refractivity contribution < 1.29 is 14.3 Å². The van der Waals surface area contributed by atoms with Gasteiger partial charge in [0.15, 0.2) is 5.78 Å². The lowest BCUT2D eigenvalue weighted by Gasteiger charge is -2.45. The monoisotopic (exact) mass is 442 g/mol. The number of rotatable bonds is 4. The first-order valence-electron chi connectivity index (χ1n) is 11.3. The molecule has 0 radical (unpaired) electrons. The largest absolute Gasteiger partial charge is 0.457 e. The van der Waals surface area contributed by atoms with E-state index in [0.717, 1.165) is 29.9 Å². The van der Waals surface area contributed by atoms with Crippen molar-refractivity contribution in [1.29, 1.82) is 5.26 Å². The van der Waals surface area contributed by atoms with Crippen LogP contribution >= 0.6 is 0 Å². The lowest BCUT2D eigenvalue weighted by molar-refractivity contribution is -0.117. The number of ketones is 1. The molecule has 1 saturated heterocycles. The average molecular weight is 443 g/mol. The van der Waals surface area contributed by atoms with Gasteiger partial charge in [-0.05, 0) is 42.7 Å². The third kappa shape index (κ3) is 3.99. The molecule has 1 atom stereocenters. The van der Waals surface area contributed by atoms with E-state index in [0.29, 0.717) is 55.4 Å². The quantitative estimate of drug-likeness (QED) is 0.769. The Kier molecular flexibility index (Phi) is 5.86. The molecule has 0 bridgehead atoms. The van der Waals surface area contributed by atoms with E-state index in [-0.39, 0.29) is 5.78 Å². The van der Waals surface area contributed by atoms with Crippen LogP contribution in [0.4, 0.5) is 0 Å². The Bertz CT molecular complexity index is 1160. The number of nitrogens with two attached hydrogens (primary N) is 1. The first kappa shape index (κ1) is 21.3. The van der Waals surface area contributed by atoms with Crippen molar-refractivity contribution >= 4 is 5.78 Å². The number of ether oxygens (including phenoxy) is 2. The summed E-state index contributed by atoms with van der Waals surface area (Å²) in [6.45, 7) is 2.50. The molecule has 1 unspecified atom stereocenters. The summed E-state index contributed by atoms with van der Waals surface area (Å²) in [6.07, 6.45) is 2.00. The van der Waals surface area contributed by atoms with Gasteiger partial charge in [0.1, 0.15) is 17.3 Å². The maximum Gasteiger partial charge on any atom is 0.161 e. The highest BCUT2D eigenvalue weighted by Crippen LogP contribution is 2.45. The SMILES string of the molecule is N#CC1=C(N)N(N2CCOCC2)C2=C(C(=O)CCC2)C1c1cccc(Oc2ccccc2)c1. The smallest absolute Gasteiger partial charge is 0.161 e. The molecule has 2 aliphatic heterocycles. The van der Waals surface area contributed by atoms with Crippen molar-refractivity contribution in [2.75, 3.05) is 26.3 Å². The summed E-state index contributed by atoms with van der Waals surface area (Å²) < 4.78 is 11.5. The fourth-order valence-electron chi connectivity index (χ4n) is 4.86. The molecular weight excluding hydrogens is 416 g/mol. The second-order valence-corrected chi connectivity index (χ2v) is 8.35. The Balaban J connectivity index is 1.59. The number of allylic oxidation sites excluding steroid dienone is 3. The Hall–Kier alpha value is -3.60. The summed E-state index contributed by atoms with van der Waals surface area (Å²) in [6, 6.07) is 19.4. The van der Waals surface area contributed by atoms with Gasteiger partial charge in [0.2, 0.25) is 0 Å². The van der Waals surface area contributed by atoms with E-state index < -0.39 is 5.92 Å². The van der Waals surface area contributed by atoms with Crippen molar-refractivity contribution in [3.8, 4) is 17.6 Å². The fourth-order valence-corrected chi connectivity index (χ4v) is 4.86. The molecule has 1 fully saturated rings. The Morgan fingerprint density at radius 1 is 1.03 bits per heavy atom. The Morgan fingerprint density at radius 2 is 1.79 bits per heavy atom. The molecule has 33 heavy (non-hydrogen) atoms. The van der Waals surface area contributed by atoms with Crippen LogP contribution in [0.15, 0.2) is 77.3 Å². The molecule has 168 valence electrons. The van der Waals surface area contributed by atoms with Gasteiger partial charge in [-0.15, -0.1) is 0 Å². The molecule has 2 aromatic carbocycles. The molecule has 2 aromatic rings. The number of benzene rings is 2. The van der Waals surface area contributed by atoms with Crippen LogP contribution in [0.25, 0.3) is 0 Å². The molecule has 3 aliphatic rings. The third-order valence-electron chi connectivity index (χ3n) is 6.33. The van der Waals surface area contributed by atoms with Crippen molar-refractivity contribution in [2.24, 2.45) is 5.73 Å². The third-order valence-corrected chi connectivity index (χ3v) is 6.33. The maximum absolute atomic E-state index is 13.3. The van der Waals surface area contributed by atoms with Gasteiger partial charge in [-0.3, -0.25) is 9.80 Å². The van der Waals surface area contributed by atoms with Crippen LogP contribution in [-0.2, 0) is 9.53 Å². The normalized spacial score (nSPS) is 21.6. The predicted octanol–water partition coefficient (Wildman–Crippen LogP) is 3.83. The van der Waals surface area contributed by atoms with Crippen LogP contribution in [0.2, 0.25) is 0 Å². The van der Waals surface area contributed by atoms with Crippen molar-refractivity contribution in [3.63, 3.8) is 0 Å². The van der Waals surface area contributed by atoms with E-state index in [9.17, 15) is 10.1 Å². The lowest BCUT2D eigenvalue weighted by atomic mass is 9.76. The number of Topliss-reactive ketones (excluding diaryl/α,β-unsaturated/α-hetero) is 1. The molecule has 2 heterocycles. The number of hydrogen-bond donors (Lipinski definition) is 1. The van der Waals surface area contributed by atoms with Gasteiger partial charge in [0.05, 0.1) is 30.8 Å². The summed E-state index contributed by atoms with van der Waals surface area (Å²) in [7, 11) is 0. The number of nitrogens with zero attached hydrogens (tertiary/aromatic N) is 3. The van der Waals surface area contributed by atoms with E-state index in [4.69, 9.17) is 15.2 Å². The molecule has 7 nitrogen and oxygen atoms in total. The van der Waals surface area contributed by atoms with Gasteiger partial charge in [-0.2, -0.15) is 5.26 Å². The second-order valence-electron chi connectivity index (χ2n) is 8.35. The van der Waals surface area contributed by atoms with E-state index in [1.165, 1.54) is 0 Å². The number of para-hydroxylation sites is 1. The van der Waals surface area contributed by atoms with Crippen LogP contribution in [0.3, 0.4) is 0 Å². The molecule has 2 N–H and O–H groups in total. The van der Waals surface area contributed by atoms with Gasteiger partial charge < -0.3 is 15.2 Å². The average Bonchev–Trinajstić information content (AvgIpc) is 2.85. The highest BCUT2D eigenvalue weighted by Gasteiger charge is 2.41. The summed E-state index contributed by atoms with van der Waals surface area (Å²) in [4.78, 5) is 13.3. The van der Waals surface area contributed by atoms with Gasteiger partial charge in [0, 0.05) is 30.8 Å². The highest BCUT2D eigenvalue weighted by molar-refractivity contribution is 5.99. The summed E-state index contributed by atoms with van der Waals surface area (Å²) in [5.74, 6) is 1.34. The summed E-state index contributed by atoms with van der Waals surface area (Å²) in [5.41, 5.74) is 9.43. The minimum absolute atomic E-state index is 0.0779. The molecule has 0 aromatic heterocycles. The number of hydrogen-bond acceptors (Lipinski definition) is 7. The van der Waals surface area contributed by atoms with Crippen molar-refractivity contribution in [1.82, 2.24) is 10.0 Å². The highest BCUT2D eigenvalue weighted by atomic mass is 16.5. The van der Waals surface area contributed by atoms with Crippen molar-refractivity contribution in [3.05, 3.63) is 82.8 Å². The van der Waals surface area contributed by atoms with Gasteiger partial charge in [0.25, 0.3) is 0 Å². The summed E-state index contributed by atoms with van der Waals surface area (Å²) >= 11 is 0. The number of hydrazine groups is 1. The molecule has 0 spiro atoms. The topological polar surface area (TPSA) is 91.8 Å². The zero-order valence-electron chi connectivity index (χ0n) is 18.4. The van der Waals surface area contributed by atoms with E-state index in [1.54, 1.807) is 0 Å². The number of carbonyl (C=O) groups excluding carboxylic acids is 1. The molecular formula is C26H26N4O3. The van der Waals surface area contributed by atoms with E-state index in [1.807, 2.05) is 59.6 Å². The van der Waals surface area contributed by atoms with Crippen LogP contribution in [0.5, 0.6) is 11.5 Å². The standard InChI is InChI=1S/C26H26N4O3/c27-17-21-24(18-6-4-9-20(16-18)33-19-7-2-1-3-8-19)25-22(10-5-11-23(25)31)30(26(21)28)29-12-14-32-15-13-29/h1-4,6-9,16,24H,5,10-15,28H2. The summed E-state index contributed by atoms with van der Waals surface area (Å²) in [5, 5.41) is 14.2. The van der Waals surface area contributed by atoms with Crippen LogP contribution < -0.4 is 10.5 Å². The van der Waals surface area contributed by atoms with E-state index >= 15 is 0 Å². The Labute approximate surface area is 193 Å². The van der Waals surface area contributed by atoms with Gasteiger partial charge >= 0.3 is 0 Å². The maximum atomic E-state index is 13.3. The number of morpholine rings is 1. The zero-order chi connectivity index (χ0) is 22.8. The first-order chi connectivity index (χ1) is 16.2. The van der Waals surface area contributed by atoms with Crippen LogP contribution in [0, 0.1) is 11.3 Å². The Morgan fingerprint density at radius 3 is 2.55 bits per heavy atom. The number of nitriles is 1. The zero-order valence-corrected chi connectivity index (χ0v) is 18.4. The lowest BCUT2D eigenvalue weighted by Crippen LogP contribution is -2.52. The second kappa shape index (κ2) is 9.10. The molecule has 1 aliphatic carbocycles. The van der Waals surface area contributed by atoms with Crippen LogP contribution in [0.1, 0.15) is 30.7 Å². The fraction of sp³-hybridized carbons (Fsp3) is 0.308. The molecule has 7 heteroatoms. The molecule has 0 saturated carbocycles. The predicted molar refractivity (Wildman–Crippen MR) is 123 cm³/mol. The molecule has 0 amide bonds. The van der Waals surface area contributed by atoms with Gasteiger partial charge in [-0.25, -0.2) is 5.01 Å². The van der Waals surface area contributed by atoms with Crippen molar-refractivity contribution in [2.45, 2.75) is 25.2 Å². The van der Waals surface area contributed by atoms with E-state index in [2.05, 4.69) is 11.1 Å². The minimum Gasteiger partial charge on any atom is -0.457 e. The van der Waals surface area contributed by atoms with Gasteiger partial charge in [-0.1, -0.05) is 30.3 Å². The van der Waals surface area contributed by atoms with Crippen LogP contribution in [-0.4, -0.2) is 42.1 Å². The minimum atomic E-state index is -0.505. The molecule has 5 rings (SSSR count). The number of carbonyl (C=O) groups is 1. The first-order valence-corrected chi connectivity index (χ1v) is 11.3.